The van der Waals surface area contributed by atoms with E-state index in [2.05, 4.69) is 27.6 Å². The van der Waals surface area contributed by atoms with Gasteiger partial charge < -0.3 is 0 Å². The molecule has 21 heavy (non-hydrogen) atoms. The van der Waals surface area contributed by atoms with E-state index >= 15 is 0 Å². The lowest BCUT2D eigenvalue weighted by atomic mass is 10.1. The lowest BCUT2D eigenvalue weighted by Gasteiger charge is -2.10. The number of rotatable bonds is 5. The first-order valence-corrected chi connectivity index (χ1v) is 9.07. The Morgan fingerprint density at radius 1 is 1.10 bits per heavy atom. The smallest absolute Gasteiger partial charge is 0.261 e. The van der Waals surface area contributed by atoms with Gasteiger partial charge in [-0.05, 0) is 54.8 Å². The minimum absolute atomic E-state index is 0.278. The van der Waals surface area contributed by atoms with E-state index in [0.717, 1.165) is 28.4 Å². The summed E-state index contributed by atoms with van der Waals surface area (Å²) in [4.78, 5) is 0.278. The third-order valence-corrected chi connectivity index (χ3v) is 4.92. The van der Waals surface area contributed by atoms with E-state index in [9.17, 15) is 8.42 Å². The van der Waals surface area contributed by atoms with Crippen LogP contribution in [0.5, 0.6) is 0 Å². The molecule has 0 amide bonds. The molecule has 2 aromatic rings. The van der Waals surface area contributed by atoms with Crippen molar-refractivity contribution in [2.24, 2.45) is 0 Å². The van der Waals surface area contributed by atoms with Crippen molar-refractivity contribution >= 4 is 31.6 Å². The van der Waals surface area contributed by atoms with Gasteiger partial charge in [-0.1, -0.05) is 41.4 Å². The second-order valence-corrected chi connectivity index (χ2v) is 7.61. The van der Waals surface area contributed by atoms with Crippen molar-refractivity contribution in [2.75, 3.05) is 4.72 Å². The van der Waals surface area contributed by atoms with Crippen LogP contribution in [0.1, 0.15) is 24.5 Å². The van der Waals surface area contributed by atoms with Crippen LogP contribution in [-0.2, 0) is 16.4 Å². The summed E-state index contributed by atoms with van der Waals surface area (Å²) in [5.74, 6) is 0. The topological polar surface area (TPSA) is 46.2 Å². The Bertz CT molecular complexity index is 704. The van der Waals surface area contributed by atoms with Crippen LogP contribution in [0.4, 0.5) is 5.69 Å². The molecule has 0 bridgehead atoms. The Balaban J connectivity index is 2.25. The number of nitrogens with one attached hydrogen (secondary N) is 1. The second kappa shape index (κ2) is 6.62. The molecule has 5 heteroatoms. The number of benzene rings is 2. The summed E-state index contributed by atoms with van der Waals surface area (Å²) < 4.78 is 28.2. The van der Waals surface area contributed by atoms with Crippen LogP contribution < -0.4 is 4.72 Å². The Kier molecular flexibility index (Phi) is 5.06. The second-order valence-electron chi connectivity index (χ2n) is 5.02. The zero-order valence-electron chi connectivity index (χ0n) is 12.1. The summed E-state index contributed by atoms with van der Waals surface area (Å²) in [5.41, 5.74) is 2.69. The summed E-state index contributed by atoms with van der Waals surface area (Å²) in [6, 6.07) is 12.5. The molecule has 2 rings (SSSR count). The van der Waals surface area contributed by atoms with Crippen LogP contribution in [0.2, 0.25) is 0 Å². The Morgan fingerprint density at radius 3 is 2.33 bits per heavy atom. The molecule has 0 radical (unpaired) electrons. The fraction of sp³-hybridized carbons (Fsp3) is 0.250. The molecule has 0 aliphatic carbocycles. The highest BCUT2D eigenvalue weighted by Gasteiger charge is 2.14. The molecule has 0 spiro atoms. The van der Waals surface area contributed by atoms with Crippen molar-refractivity contribution in [1.82, 2.24) is 0 Å². The Labute approximate surface area is 134 Å². The van der Waals surface area contributed by atoms with Crippen LogP contribution in [-0.4, -0.2) is 8.42 Å². The number of halogens is 1. The zero-order valence-corrected chi connectivity index (χ0v) is 14.5. The average Bonchev–Trinajstić information content (AvgIpc) is 2.38. The summed E-state index contributed by atoms with van der Waals surface area (Å²) in [6.45, 7) is 4.02. The normalized spacial score (nSPS) is 11.4. The molecule has 0 heterocycles. The Morgan fingerprint density at radius 2 is 1.76 bits per heavy atom. The molecule has 0 aliphatic rings. The number of aryl methyl sites for hydroxylation is 2. The van der Waals surface area contributed by atoms with Gasteiger partial charge in [0.05, 0.1) is 10.6 Å². The van der Waals surface area contributed by atoms with Gasteiger partial charge in [0.15, 0.2) is 0 Å². The number of hydrogen-bond donors (Lipinski definition) is 1. The van der Waals surface area contributed by atoms with Gasteiger partial charge in [-0.2, -0.15) is 0 Å². The molecule has 0 unspecified atom stereocenters. The van der Waals surface area contributed by atoms with Crippen LogP contribution >= 0.6 is 15.9 Å². The summed E-state index contributed by atoms with van der Waals surface area (Å²) in [5, 5.41) is 0. The largest absolute Gasteiger partial charge is 0.280 e. The van der Waals surface area contributed by atoms with Gasteiger partial charge in [-0.25, -0.2) is 8.42 Å². The van der Waals surface area contributed by atoms with Gasteiger partial charge in [0.1, 0.15) is 0 Å². The van der Waals surface area contributed by atoms with E-state index in [0.29, 0.717) is 5.69 Å². The van der Waals surface area contributed by atoms with Gasteiger partial charge in [0, 0.05) is 4.47 Å². The first-order chi connectivity index (χ1) is 9.90. The zero-order chi connectivity index (χ0) is 15.5. The van der Waals surface area contributed by atoms with Gasteiger partial charge in [-0.3, -0.25) is 4.72 Å². The highest BCUT2D eigenvalue weighted by molar-refractivity contribution is 9.10. The van der Waals surface area contributed by atoms with Crippen molar-refractivity contribution < 1.29 is 8.42 Å². The van der Waals surface area contributed by atoms with Crippen LogP contribution in [0.3, 0.4) is 0 Å². The number of anilines is 1. The highest BCUT2D eigenvalue weighted by atomic mass is 79.9. The van der Waals surface area contributed by atoms with Gasteiger partial charge >= 0.3 is 0 Å². The highest BCUT2D eigenvalue weighted by Crippen LogP contribution is 2.22. The first-order valence-electron chi connectivity index (χ1n) is 6.79. The molecule has 0 fully saturated rings. The van der Waals surface area contributed by atoms with E-state index < -0.39 is 10.0 Å². The molecular weight excluding hydrogens is 350 g/mol. The van der Waals surface area contributed by atoms with Crippen LogP contribution in [0, 0.1) is 6.92 Å². The van der Waals surface area contributed by atoms with E-state index in [1.54, 1.807) is 24.3 Å². The third-order valence-electron chi connectivity index (χ3n) is 3.07. The maximum absolute atomic E-state index is 12.4. The fourth-order valence-corrected chi connectivity index (χ4v) is 3.78. The molecular formula is C16H18BrNO2S. The predicted molar refractivity (Wildman–Crippen MR) is 90.1 cm³/mol. The molecule has 0 aromatic heterocycles. The molecule has 0 saturated heterocycles. The Hall–Kier alpha value is -1.33. The van der Waals surface area contributed by atoms with E-state index in [4.69, 9.17) is 0 Å². The number of sulfonamides is 1. The van der Waals surface area contributed by atoms with Crippen molar-refractivity contribution in [1.29, 1.82) is 0 Å². The van der Waals surface area contributed by atoms with Gasteiger partial charge in [0.25, 0.3) is 10.0 Å². The molecule has 0 aliphatic heterocycles. The molecule has 1 N–H and O–H groups in total. The molecule has 0 saturated carbocycles. The average molecular weight is 368 g/mol. The van der Waals surface area contributed by atoms with Crippen LogP contribution in [0.25, 0.3) is 0 Å². The van der Waals surface area contributed by atoms with E-state index in [1.165, 1.54) is 0 Å². The monoisotopic (exact) mass is 367 g/mol. The lowest BCUT2D eigenvalue weighted by molar-refractivity contribution is 0.601. The van der Waals surface area contributed by atoms with E-state index in [-0.39, 0.29) is 4.90 Å². The molecule has 112 valence electrons. The van der Waals surface area contributed by atoms with E-state index in [1.807, 2.05) is 25.1 Å². The summed E-state index contributed by atoms with van der Waals surface area (Å²) in [6.07, 6.45) is 2.00. The molecule has 2 aromatic carbocycles. The quantitative estimate of drug-likeness (QED) is 0.844. The van der Waals surface area contributed by atoms with Gasteiger partial charge in [-0.15, -0.1) is 0 Å². The van der Waals surface area contributed by atoms with Crippen molar-refractivity contribution in [2.45, 2.75) is 31.6 Å². The third kappa shape index (κ3) is 4.32. The molecule has 0 atom stereocenters. The standard InChI is InChI=1S/C16H18BrNO2S/c1-3-4-13-5-7-16(8-6-13)21(19,20)18-15-10-12(2)9-14(17)11-15/h5-11,18H,3-4H2,1-2H3. The van der Waals surface area contributed by atoms with Gasteiger partial charge in [0.2, 0.25) is 0 Å². The number of hydrogen-bond acceptors (Lipinski definition) is 2. The first kappa shape index (κ1) is 16.0. The SMILES string of the molecule is CCCc1ccc(S(=O)(=O)Nc2cc(C)cc(Br)c2)cc1. The van der Waals surface area contributed by atoms with Crippen molar-refractivity contribution in [3.63, 3.8) is 0 Å². The van der Waals surface area contributed by atoms with Crippen molar-refractivity contribution in [3.8, 4) is 0 Å². The molecule has 3 nitrogen and oxygen atoms in total. The fourth-order valence-electron chi connectivity index (χ4n) is 2.13. The maximum Gasteiger partial charge on any atom is 0.261 e. The minimum atomic E-state index is -3.55. The lowest BCUT2D eigenvalue weighted by Crippen LogP contribution is -2.13. The van der Waals surface area contributed by atoms with Crippen LogP contribution in [0.15, 0.2) is 51.8 Å². The van der Waals surface area contributed by atoms with Crippen molar-refractivity contribution in [3.05, 3.63) is 58.1 Å². The maximum atomic E-state index is 12.4. The minimum Gasteiger partial charge on any atom is -0.280 e. The predicted octanol–water partition coefficient (Wildman–Crippen LogP) is 4.51. The summed E-state index contributed by atoms with van der Waals surface area (Å²) in [7, 11) is -3.55. The summed E-state index contributed by atoms with van der Waals surface area (Å²) >= 11 is 3.37.